The summed E-state index contributed by atoms with van der Waals surface area (Å²) >= 11 is 1.54. The molecule has 150 valence electrons. The number of benzene rings is 3. The van der Waals surface area contributed by atoms with Gasteiger partial charge in [0.05, 0.1) is 0 Å². The van der Waals surface area contributed by atoms with Crippen LogP contribution in [0, 0.1) is 0 Å². The maximum Gasteiger partial charge on any atom is 0.221 e. The Hall–Kier alpha value is -3.38. The molecule has 1 aromatic heterocycles. The first-order valence-corrected chi connectivity index (χ1v) is 10.8. The SMILES string of the molecule is O=C(CCSc1nnc(-c2ccccc2)n1-c1ccccc1)NCc1ccccc1. The molecule has 0 saturated carbocycles. The second kappa shape index (κ2) is 9.89. The Morgan fingerprint density at radius 3 is 2.17 bits per heavy atom. The van der Waals surface area contributed by atoms with Crippen LogP contribution in [-0.4, -0.2) is 26.4 Å². The van der Waals surface area contributed by atoms with Gasteiger partial charge >= 0.3 is 0 Å². The summed E-state index contributed by atoms with van der Waals surface area (Å²) in [7, 11) is 0. The summed E-state index contributed by atoms with van der Waals surface area (Å²) in [5.74, 6) is 1.44. The lowest BCUT2D eigenvalue weighted by atomic mass is 10.2. The fourth-order valence-corrected chi connectivity index (χ4v) is 3.96. The predicted octanol–water partition coefficient (Wildman–Crippen LogP) is 4.73. The van der Waals surface area contributed by atoms with Crippen LogP contribution in [0.2, 0.25) is 0 Å². The van der Waals surface area contributed by atoms with Crippen molar-refractivity contribution < 1.29 is 4.79 Å². The van der Waals surface area contributed by atoms with Crippen molar-refractivity contribution in [1.82, 2.24) is 20.1 Å². The van der Waals surface area contributed by atoms with Gasteiger partial charge in [0.15, 0.2) is 11.0 Å². The Morgan fingerprint density at radius 2 is 1.47 bits per heavy atom. The fraction of sp³-hybridized carbons (Fsp3) is 0.125. The van der Waals surface area contributed by atoms with Gasteiger partial charge in [-0.05, 0) is 17.7 Å². The summed E-state index contributed by atoms with van der Waals surface area (Å²) in [5.41, 5.74) is 3.09. The number of hydrogen-bond acceptors (Lipinski definition) is 4. The Balaban J connectivity index is 1.44. The molecule has 0 bridgehead atoms. The van der Waals surface area contributed by atoms with E-state index < -0.39 is 0 Å². The molecule has 0 saturated heterocycles. The summed E-state index contributed by atoms with van der Waals surface area (Å²) in [6, 6.07) is 30.0. The zero-order valence-corrected chi connectivity index (χ0v) is 17.3. The molecule has 0 aliphatic rings. The van der Waals surface area contributed by atoms with Gasteiger partial charge in [0, 0.05) is 30.0 Å². The summed E-state index contributed by atoms with van der Waals surface area (Å²) < 4.78 is 2.04. The van der Waals surface area contributed by atoms with E-state index in [-0.39, 0.29) is 5.91 Å². The van der Waals surface area contributed by atoms with Gasteiger partial charge < -0.3 is 5.32 Å². The molecular weight excluding hydrogens is 392 g/mol. The molecule has 0 aliphatic heterocycles. The molecule has 0 unspecified atom stereocenters. The first-order valence-electron chi connectivity index (χ1n) is 9.81. The van der Waals surface area contributed by atoms with Crippen LogP contribution in [0.15, 0.2) is 96.2 Å². The number of hydrogen-bond donors (Lipinski definition) is 1. The highest BCUT2D eigenvalue weighted by Crippen LogP contribution is 2.28. The lowest BCUT2D eigenvalue weighted by molar-refractivity contribution is -0.120. The van der Waals surface area contributed by atoms with Crippen molar-refractivity contribution >= 4 is 17.7 Å². The van der Waals surface area contributed by atoms with E-state index in [1.165, 1.54) is 11.8 Å². The van der Waals surface area contributed by atoms with Gasteiger partial charge in [-0.15, -0.1) is 10.2 Å². The van der Waals surface area contributed by atoms with E-state index in [1.54, 1.807) is 0 Å². The zero-order valence-electron chi connectivity index (χ0n) is 16.4. The number of carbonyl (C=O) groups excluding carboxylic acids is 1. The quantitative estimate of drug-likeness (QED) is 0.423. The molecule has 3 aromatic carbocycles. The number of aromatic nitrogens is 3. The Morgan fingerprint density at radius 1 is 0.833 bits per heavy atom. The van der Waals surface area contributed by atoms with E-state index in [1.807, 2.05) is 95.6 Å². The van der Waals surface area contributed by atoms with Crippen molar-refractivity contribution in [2.45, 2.75) is 18.1 Å². The van der Waals surface area contributed by atoms with E-state index in [4.69, 9.17) is 0 Å². The van der Waals surface area contributed by atoms with E-state index in [2.05, 4.69) is 15.5 Å². The van der Waals surface area contributed by atoms with Crippen molar-refractivity contribution in [3.8, 4) is 17.1 Å². The molecule has 0 radical (unpaired) electrons. The van der Waals surface area contributed by atoms with E-state index in [9.17, 15) is 4.79 Å². The minimum atomic E-state index is 0.0282. The fourth-order valence-electron chi connectivity index (χ4n) is 3.07. The number of carbonyl (C=O) groups is 1. The van der Waals surface area contributed by atoms with Gasteiger partial charge in [0.2, 0.25) is 5.91 Å². The molecule has 1 heterocycles. The molecule has 1 amide bonds. The van der Waals surface area contributed by atoms with E-state index in [0.717, 1.165) is 27.8 Å². The standard InChI is InChI=1S/C24H22N4OS/c29-22(25-18-19-10-4-1-5-11-19)16-17-30-24-27-26-23(20-12-6-2-7-13-20)28(24)21-14-8-3-9-15-21/h1-15H,16-18H2,(H,25,29). The molecular formula is C24H22N4OS. The molecule has 6 heteroatoms. The lowest BCUT2D eigenvalue weighted by Crippen LogP contribution is -2.23. The van der Waals surface area contributed by atoms with E-state index in [0.29, 0.717) is 18.7 Å². The maximum atomic E-state index is 12.2. The third-order valence-corrected chi connectivity index (χ3v) is 5.50. The van der Waals surface area contributed by atoms with Gasteiger partial charge in [-0.3, -0.25) is 9.36 Å². The number of rotatable bonds is 8. The summed E-state index contributed by atoms with van der Waals surface area (Å²) in [5, 5.41) is 12.6. The number of thioether (sulfide) groups is 1. The average Bonchev–Trinajstić information content (AvgIpc) is 3.23. The molecule has 0 fully saturated rings. The molecule has 30 heavy (non-hydrogen) atoms. The van der Waals surface area contributed by atoms with Crippen LogP contribution in [0.1, 0.15) is 12.0 Å². The van der Waals surface area contributed by atoms with Crippen LogP contribution in [0.3, 0.4) is 0 Å². The summed E-state index contributed by atoms with van der Waals surface area (Å²) in [6.07, 6.45) is 0.416. The molecule has 5 nitrogen and oxygen atoms in total. The molecule has 0 aliphatic carbocycles. The molecule has 0 atom stereocenters. The van der Waals surface area contributed by atoms with E-state index >= 15 is 0 Å². The number of nitrogens with one attached hydrogen (secondary N) is 1. The van der Waals surface area contributed by atoms with Crippen LogP contribution in [0.25, 0.3) is 17.1 Å². The highest BCUT2D eigenvalue weighted by atomic mass is 32.2. The molecule has 0 spiro atoms. The van der Waals surface area contributed by atoms with Crippen LogP contribution in [0.5, 0.6) is 0 Å². The highest BCUT2D eigenvalue weighted by molar-refractivity contribution is 7.99. The summed E-state index contributed by atoms with van der Waals surface area (Å²) in [6.45, 7) is 0.544. The van der Waals surface area contributed by atoms with Crippen molar-refractivity contribution in [3.63, 3.8) is 0 Å². The van der Waals surface area contributed by atoms with Gasteiger partial charge in [0.1, 0.15) is 0 Å². The van der Waals surface area contributed by atoms with Gasteiger partial charge in [-0.2, -0.15) is 0 Å². The van der Waals surface area contributed by atoms with Gasteiger partial charge in [-0.1, -0.05) is 90.6 Å². The van der Waals surface area contributed by atoms with Crippen molar-refractivity contribution in [2.24, 2.45) is 0 Å². The second-order valence-electron chi connectivity index (χ2n) is 6.70. The normalized spacial score (nSPS) is 10.7. The van der Waals surface area contributed by atoms with Crippen molar-refractivity contribution in [3.05, 3.63) is 96.6 Å². The molecule has 4 aromatic rings. The largest absolute Gasteiger partial charge is 0.352 e. The Bertz CT molecular complexity index is 1080. The topological polar surface area (TPSA) is 59.8 Å². The zero-order chi connectivity index (χ0) is 20.6. The maximum absolute atomic E-state index is 12.2. The predicted molar refractivity (Wildman–Crippen MR) is 120 cm³/mol. The Labute approximate surface area is 180 Å². The summed E-state index contributed by atoms with van der Waals surface area (Å²) in [4.78, 5) is 12.2. The highest BCUT2D eigenvalue weighted by Gasteiger charge is 2.16. The third kappa shape index (κ3) is 4.96. The molecule has 4 rings (SSSR count). The van der Waals surface area contributed by atoms with Crippen LogP contribution >= 0.6 is 11.8 Å². The second-order valence-corrected chi connectivity index (χ2v) is 7.77. The minimum absolute atomic E-state index is 0.0282. The van der Waals surface area contributed by atoms with Gasteiger partial charge in [-0.25, -0.2) is 0 Å². The lowest BCUT2D eigenvalue weighted by Gasteiger charge is -2.10. The number of amides is 1. The number of nitrogens with zero attached hydrogens (tertiary/aromatic N) is 3. The van der Waals surface area contributed by atoms with Crippen LogP contribution in [-0.2, 0) is 11.3 Å². The smallest absolute Gasteiger partial charge is 0.221 e. The first-order chi connectivity index (χ1) is 14.8. The minimum Gasteiger partial charge on any atom is -0.352 e. The first kappa shape index (κ1) is 19.9. The monoisotopic (exact) mass is 414 g/mol. The average molecular weight is 415 g/mol. The van der Waals surface area contributed by atoms with Gasteiger partial charge in [0.25, 0.3) is 0 Å². The van der Waals surface area contributed by atoms with Crippen LogP contribution in [0.4, 0.5) is 0 Å². The third-order valence-electron chi connectivity index (χ3n) is 4.57. The molecule has 1 N–H and O–H groups in total. The van der Waals surface area contributed by atoms with Crippen molar-refractivity contribution in [2.75, 3.05) is 5.75 Å². The Kier molecular flexibility index (Phi) is 6.57. The van der Waals surface area contributed by atoms with Crippen LogP contribution < -0.4 is 5.32 Å². The number of para-hydroxylation sites is 1. The van der Waals surface area contributed by atoms with Crippen molar-refractivity contribution in [1.29, 1.82) is 0 Å².